The minimum absolute atomic E-state index is 0.353. The third-order valence-corrected chi connectivity index (χ3v) is 4.50. The molecule has 1 aliphatic rings. The van der Waals surface area contributed by atoms with Gasteiger partial charge in [0.2, 0.25) is 0 Å². The summed E-state index contributed by atoms with van der Waals surface area (Å²) in [7, 11) is 0. The van der Waals surface area contributed by atoms with Crippen molar-refractivity contribution in [3.05, 3.63) is 21.0 Å². The topological polar surface area (TPSA) is 63.1 Å². The van der Waals surface area contributed by atoms with Crippen LogP contribution in [0, 0.1) is 6.92 Å². The first kappa shape index (κ1) is 10.9. The number of carboxylic acids is 1. The molecule has 6 heteroatoms. The molecule has 4 nitrogen and oxygen atoms in total. The van der Waals surface area contributed by atoms with E-state index in [0.717, 1.165) is 34.2 Å². The van der Waals surface area contributed by atoms with Crippen molar-refractivity contribution >= 4 is 28.6 Å². The molecule has 0 bridgehead atoms. The predicted molar refractivity (Wildman–Crippen MR) is 66.9 cm³/mol. The number of aryl methyl sites for hydroxylation is 1. The normalized spacial score (nSPS) is 15.1. The van der Waals surface area contributed by atoms with Crippen LogP contribution < -0.4 is 0 Å². The molecule has 0 aromatic carbocycles. The summed E-state index contributed by atoms with van der Waals surface area (Å²) in [6.45, 7) is 1.93. The molecule has 0 amide bonds. The van der Waals surface area contributed by atoms with Crippen LogP contribution in [0.4, 0.5) is 0 Å². The van der Waals surface area contributed by atoms with E-state index in [1.807, 2.05) is 12.3 Å². The number of carbonyl (C=O) groups is 1. The number of hydrogen-bond donors (Lipinski definition) is 1. The van der Waals surface area contributed by atoms with Crippen molar-refractivity contribution in [1.29, 1.82) is 0 Å². The van der Waals surface area contributed by atoms with Crippen molar-refractivity contribution in [2.45, 2.75) is 25.7 Å². The van der Waals surface area contributed by atoms with Crippen LogP contribution in [0.2, 0.25) is 0 Å². The van der Waals surface area contributed by atoms with E-state index >= 15 is 0 Å². The summed E-state index contributed by atoms with van der Waals surface area (Å²) in [5, 5.41) is 12.8. The molecule has 1 N–H and O–H groups in total. The molecule has 17 heavy (non-hydrogen) atoms. The molecular formula is C11H10N2O2S2. The zero-order valence-electron chi connectivity index (χ0n) is 9.14. The zero-order valence-corrected chi connectivity index (χ0v) is 10.8. The fraction of sp³-hybridized carbons (Fsp3) is 0.364. The molecule has 0 radical (unpaired) electrons. The minimum atomic E-state index is -0.873. The molecule has 1 aliphatic carbocycles. The first-order valence-electron chi connectivity index (χ1n) is 5.31. The summed E-state index contributed by atoms with van der Waals surface area (Å²) in [5.74, 6) is -0.520. The number of aromatic carboxylic acids is 1. The molecule has 0 saturated heterocycles. The molecule has 1 fully saturated rings. The Morgan fingerprint density at radius 2 is 2.24 bits per heavy atom. The summed E-state index contributed by atoms with van der Waals surface area (Å²) >= 11 is 2.79. The van der Waals surface area contributed by atoms with Crippen LogP contribution >= 0.6 is 22.7 Å². The monoisotopic (exact) mass is 266 g/mol. The standard InChI is InChI=1S/C11H10N2O2S2/c1-5-12-7(4-16-5)10-13-8(6-2-3-6)9(17-10)11(14)15/h4,6H,2-3H2,1H3,(H,14,15). The number of carboxylic acid groups (broad SMARTS) is 1. The quantitative estimate of drug-likeness (QED) is 0.927. The van der Waals surface area contributed by atoms with E-state index < -0.39 is 5.97 Å². The molecule has 1 saturated carbocycles. The lowest BCUT2D eigenvalue weighted by atomic mass is 10.2. The molecule has 0 atom stereocenters. The Hall–Kier alpha value is -1.27. The lowest BCUT2D eigenvalue weighted by molar-refractivity contribution is 0.0700. The highest BCUT2D eigenvalue weighted by molar-refractivity contribution is 7.17. The van der Waals surface area contributed by atoms with Crippen molar-refractivity contribution in [3.8, 4) is 10.7 Å². The molecule has 0 unspecified atom stereocenters. The SMILES string of the molecule is Cc1nc(-c2nc(C3CC3)c(C(=O)O)s2)cs1. The number of hydrogen-bond acceptors (Lipinski definition) is 5. The number of thiazole rings is 2. The van der Waals surface area contributed by atoms with Gasteiger partial charge in [0.15, 0.2) is 0 Å². The van der Waals surface area contributed by atoms with E-state index in [9.17, 15) is 4.79 Å². The second-order valence-corrected chi connectivity index (χ2v) is 6.13. The summed E-state index contributed by atoms with van der Waals surface area (Å²) in [4.78, 5) is 20.3. The van der Waals surface area contributed by atoms with E-state index in [-0.39, 0.29) is 0 Å². The van der Waals surface area contributed by atoms with Gasteiger partial charge in [-0.25, -0.2) is 14.8 Å². The van der Waals surface area contributed by atoms with Gasteiger partial charge in [0.25, 0.3) is 0 Å². The van der Waals surface area contributed by atoms with Gasteiger partial charge in [-0.15, -0.1) is 22.7 Å². The molecule has 0 spiro atoms. The van der Waals surface area contributed by atoms with E-state index in [2.05, 4.69) is 9.97 Å². The van der Waals surface area contributed by atoms with Gasteiger partial charge in [-0.3, -0.25) is 0 Å². The first-order valence-corrected chi connectivity index (χ1v) is 7.01. The van der Waals surface area contributed by atoms with Crippen molar-refractivity contribution in [2.24, 2.45) is 0 Å². The third-order valence-electron chi connectivity index (χ3n) is 2.65. The maximum absolute atomic E-state index is 11.2. The number of aromatic nitrogens is 2. The molecule has 2 aromatic rings. The van der Waals surface area contributed by atoms with Gasteiger partial charge < -0.3 is 5.11 Å². The van der Waals surface area contributed by atoms with Crippen LogP contribution in [-0.2, 0) is 0 Å². The van der Waals surface area contributed by atoms with E-state index in [4.69, 9.17) is 5.11 Å². The van der Waals surface area contributed by atoms with E-state index in [1.54, 1.807) is 11.3 Å². The maximum atomic E-state index is 11.2. The van der Waals surface area contributed by atoms with Crippen molar-refractivity contribution in [1.82, 2.24) is 9.97 Å². The first-order chi connectivity index (χ1) is 8.15. The van der Waals surface area contributed by atoms with Crippen molar-refractivity contribution < 1.29 is 9.90 Å². The summed E-state index contributed by atoms with van der Waals surface area (Å²) in [5.41, 5.74) is 1.55. The van der Waals surface area contributed by atoms with Crippen LogP contribution in [-0.4, -0.2) is 21.0 Å². The Balaban J connectivity index is 2.06. The maximum Gasteiger partial charge on any atom is 0.347 e. The Morgan fingerprint density at radius 1 is 1.47 bits per heavy atom. The minimum Gasteiger partial charge on any atom is -0.477 e. The molecular weight excluding hydrogens is 256 g/mol. The van der Waals surface area contributed by atoms with E-state index in [0.29, 0.717) is 10.8 Å². The third kappa shape index (κ3) is 1.98. The van der Waals surface area contributed by atoms with Gasteiger partial charge in [0.05, 0.1) is 10.7 Å². The lowest BCUT2D eigenvalue weighted by Gasteiger charge is -1.91. The number of rotatable bonds is 3. The Bertz CT molecular complexity index is 584. The van der Waals surface area contributed by atoms with Crippen molar-refractivity contribution in [2.75, 3.05) is 0 Å². The molecule has 2 aromatic heterocycles. The fourth-order valence-electron chi connectivity index (χ4n) is 1.69. The van der Waals surface area contributed by atoms with Gasteiger partial charge in [0.1, 0.15) is 15.6 Å². The van der Waals surface area contributed by atoms with Gasteiger partial charge in [-0.1, -0.05) is 0 Å². The molecule has 2 heterocycles. The van der Waals surface area contributed by atoms with Gasteiger partial charge in [0, 0.05) is 11.3 Å². The highest BCUT2D eigenvalue weighted by Gasteiger charge is 2.32. The summed E-state index contributed by atoms with van der Waals surface area (Å²) in [6.07, 6.45) is 2.11. The average Bonchev–Trinajstić information content (AvgIpc) is 2.87. The molecule has 88 valence electrons. The molecule has 3 rings (SSSR count). The van der Waals surface area contributed by atoms with Crippen LogP contribution in [0.1, 0.15) is 39.1 Å². The molecule has 0 aliphatic heterocycles. The Labute approximate surface area is 106 Å². The summed E-state index contributed by atoms with van der Waals surface area (Å²) in [6, 6.07) is 0. The van der Waals surface area contributed by atoms with Crippen LogP contribution in [0.3, 0.4) is 0 Å². The van der Waals surface area contributed by atoms with Crippen LogP contribution in [0.5, 0.6) is 0 Å². The van der Waals surface area contributed by atoms with Gasteiger partial charge >= 0.3 is 5.97 Å². The smallest absolute Gasteiger partial charge is 0.347 e. The Morgan fingerprint density at radius 3 is 2.76 bits per heavy atom. The zero-order chi connectivity index (χ0) is 12.0. The van der Waals surface area contributed by atoms with Gasteiger partial charge in [-0.2, -0.15) is 0 Å². The average molecular weight is 266 g/mol. The summed E-state index contributed by atoms with van der Waals surface area (Å²) < 4.78 is 0. The second kappa shape index (κ2) is 3.89. The highest BCUT2D eigenvalue weighted by atomic mass is 32.1. The largest absolute Gasteiger partial charge is 0.477 e. The van der Waals surface area contributed by atoms with Crippen LogP contribution in [0.25, 0.3) is 10.7 Å². The highest BCUT2D eigenvalue weighted by Crippen LogP contribution is 2.44. The fourth-order valence-corrected chi connectivity index (χ4v) is 3.31. The predicted octanol–water partition coefficient (Wildman–Crippen LogP) is 3.15. The number of nitrogens with zero attached hydrogens (tertiary/aromatic N) is 2. The Kier molecular flexibility index (Phi) is 2.48. The second-order valence-electron chi connectivity index (χ2n) is 4.06. The van der Waals surface area contributed by atoms with E-state index in [1.165, 1.54) is 11.3 Å². The lowest BCUT2D eigenvalue weighted by Crippen LogP contribution is -1.97. The van der Waals surface area contributed by atoms with Crippen LogP contribution in [0.15, 0.2) is 5.38 Å². The van der Waals surface area contributed by atoms with Gasteiger partial charge in [-0.05, 0) is 19.8 Å². The van der Waals surface area contributed by atoms with Crippen molar-refractivity contribution in [3.63, 3.8) is 0 Å².